The maximum Gasteiger partial charge on any atom is 0.300 e. The van der Waals surface area contributed by atoms with Crippen LogP contribution in [0, 0.1) is 0 Å². The molecule has 2 aliphatic heterocycles. The minimum atomic E-state index is -0.872. The van der Waals surface area contributed by atoms with Gasteiger partial charge in [0, 0.05) is 17.3 Å². The number of benzene rings is 3. The molecular formula is C28H25NO7. The van der Waals surface area contributed by atoms with E-state index in [0.717, 1.165) is 0 Å². The lowest BCUT2D eigenvalue weighted by Crippen LogP contribution is -2.29. The number of Topliss-reactive ketones (excluding diaryl/α,β-unsaturated/α-hetero) is 1. The Balaban J connectivity index is 1.66. The predicted molar refractivity (Wildman–Crippen MR) is 133 cm³/mol. The Bertz CT molecular complexity index is 1350. The van der Waals surface area contributed by atoms with Crippen LogP contribution < -0.4 is 23.8 Å². The zero-order valence-electron chi connectivity index (χ0n) is 19.9. The number of carbonyl (C=O) groups excluding carboxylic acids is 2. The molecule has 1 unspecified atom stereocenters. The molecule has 184 valence electrons. The van der Waals surface area contributed by atoms with Gasteiger partial charge >= 0.3 is 0 Å². The molecule has 0 aliphatic carbocycles. The van der Waals surface area contributed by atoms with Crippen LogP contribution in [0.3, 0.4) is 0 Å². The zero-order chi connectivity index (χ0) is 25.2. The molecule has 8 heteroatoms. The van der Waals surface area contributed by atoms with Crippen LogP contribution in [-0.2, 0) is 9.59 Å². The number of aliphatic hydroxyl groups excluding tert-OH is 1. The van der Waals surface area contributed by atoms with Gasteiger partial charge in [0.05, 0.1) is 24.8 Å². The molecular weight excluding hydrogens is 462 g/mol. The summed E-state index contributed by atoms with van der Waals surface area (Å²) in [5.41, 5.74) is 1.44. The van der Waals surface area contributed by atoms with Crippen LogP contribution in [0.15, 0.2) is 72.3 Å². The highest BCUT2D eigenvalue weighted by Gasteiger charge is 2.47. The van der Waals surface area contributed by atoms with Crippen molar-refractivity contribution in [2.45, 2.75) is 19.9 Å². The Kier molecular flexibility index (Phi) is 6.25. The summed E-state index contributed by atoms with van der Waals surface area (Å²) >= 11 is 0. The molecule has 5 rings (SSSR count). The van der Waals surface area contributed by atoms with Gasteiger partial charge in [-0.2, -0.15) is 0 Å². The van der Waals surface area contributed by atoms with Crippen molar-refractivity contribution in [3.8, 4) is 23.0 Å². The number of rotatable bonds is 7. The molecule has 8 nitrogen and oxygen atoms in total. The third-order valence-electron chi connectivity index (χ3n) is 6.00. The highest BCUT2D eigenvalue weighted by Crippen LogP contribution is 2.44. The van der Waals surface area contributed by atoms with E-state index < -0.39 is 17.7 Å². The van der Waals surface area contributed by atoms with Crippen molar-refractivity contribution in [3.05, 3.63) is 83.4 Å². The molecule has 1 N–H and O–H groups in total. The lowest BCUT2D eigenvalue weighted by Gasteiger charge is -2.26. The van der Waals surface area contributed by atoms with Gasteiger partial charge in [0.1, 0.15) is 17.3 Å². The summed E-state index contributed by atoms with van der Waals surface area (Å²) in [5, 5.41) is 11.3. The summed E-state index contributed by atoms with van der Waals surface area (Å²) in [6, 6.07) is 18.1. The third kappa shape index (κ3) is 4.11. The maximum atomic E-state index is 13.4. The van der Waals surface area contributed by atoms with Gasteiger partial charge in [-0.15, -0.1) is 0 Å². The van der Waals surface area contributed by atoms with Gasteiger partial charge in [-0.05, 0) is 61.9 Å². The average Bonchev–Trinajstić information content (AvgIpc) is 3.46. The van der Waals surface area contributed by atoms with Gasteiger partial charge in [0.15, 0.2) is 11.5 Å². The van der Waals surface area contributed by atoms with E-state index in [0.29, 0.717) is 53.0 Å². The Morgan fingerprint density at radius 3 is 2.39 bits per heavy atom. The molecule has 0 bridgehead atoms. The molecule has 1 saturated heterocycles. The van der Waals surface area contributed by atoms with Gasteiger partial charge in [-0.25, -0.2) is 0 Å². The number of aliphatic hydroxyl groups is 1. The largest absolute Gasteiger partial charge is 0.507 e. The number of hydrogen-bond acceptors (Lipinski definition) is 7. The summed E-state index contributed by atoms with van der Waals surface area (Å²) in [6.07, 6.45) is 0. The highest BCUT2D eigenvalue weighted by molar-refractivity contribution is 6.51. The molecule has 2 aliphatic rings. The van der Waals surface area contributed by atoms with Crippen LogP contribution in [0.5, 0.6) is 23.0 Å². The van der Waals surface area contributed by atoms with Crippen LogP contribution in [0.25, 0.3) is 5.76 Å². The molecule has 3 aromatic rings. The topological polar surface area (TPSA) is 94.5 Å². The number of anilines is 1. The van der Waals surface area contributed by atoms with Crippen molar-refractivity contribution in [3.63, 3.8) is 0 Å². The third-order valence-corrected chi connectivity index (χ3v) is 6.00. The Morgan fingerprint density at radius 2 is 1.64 bits per heavy atom. The van der Waals surface area contributed by atoms with Gasteiger partial charge < -0.3 is 24.1 Å². The fourth-order valence-electron chi connectivity index (χ4n) is 4.42. The lowest BCUT2D eigenvalue weighted by molar-refractivity contribution is -0.132. The molecule has 1 fully saturated rings. The standard InChI is InChI=1S/C28H25NO7/c1-3-33-20-11-8-17(9-12-20)25-24(26(30)18-10-13-22-23(14-18)36-16-35-22)27(31)28(32)29(25)19-6-5-7-21(15-19)34-4-2/h5-15,25,30H,3-4,16H2,1-2H3/b26-24-. The molecule has 0 saturated carbocycles. The van der Waals surface area contributed by atoms with Crippen LogP contribution in [0.2, 0.25) is 0 Å². The SMILES string of the molecule is CCOc1ccc(C2/C(=C(/O)c3ccc4c(c3)OCO4)C(=O)C(=O)N2c2cccc(OCC)c2)cc1. The van der Waals surface area contributed by atoms with Gasteiger partial charge in [0.25, 0.3) is 11.7 Å². The molecule has 0 spiro atoms. The van der Waals surface area contributed by atoms with Crippen molar-refractivity contribution >= 4 is 23.1 Å². The number of fused-ring (bicyclic) bond motifs is 1. The zero-order valence-corrected chi connectivity index (χ0v) is 19.9. The number of hydrogen-bond donors (Lipinski definition) is 1. The molecule has 1 atom stereocenters. The van der Waals surface area contributed by atoms with Gasteiger partial charge in [-0.1, -0.05) is 18.2 Å². The minimum Gasteiger partial charge on any atom is -0.507 e. The number of nitrogens with zero attached hydrogens (tertiary/aromatic N) is 1. The molecule has 2 heterocycles. The lowest BCUT2D eigenvalue weighted by atomic mass is 9.95. The highest BCUT2D eigenvalue weighted by atomic mass is 16.7. The van der Waals surface area contributed by atoms with Gasteiger partial charge in [-0.3, -0.25) is 14.5 Å². The van der Waals surface area contributed by atoms with Crippen LogP contribution in [-0.4, -0.2) is 36.8 Å². The fraction of sp³-hybridized carbons (Fsp3) is 0.214. The van der Waals surface area contributed by atoms with Crippen molar-refractivity contribution < 1.29 is 33.6 Å². The Morgan fingerprint density at radius 1 is 0.917 bits per heavy atom. The molecule has 36 heavy (non-hydrogen) atoms. The molecule has 1 amide bonds. The summed E-state index contributed by atoms with van der Waals surface area (Å²) in [5.74, 6) is 0.397. The average molecular weight is 488 g/mol. The quantitative estimate of drug-likeness (QED) is 0.290. The maximum absolute atomic E-state index is 13.4. The molecule has 0 radical (unpaired) electrons. The number of amides is 1. The number of carbonyl (C=O) groups is 2. The fourth-order valence-corrected chi connectivity index (χ4v) is 4.42. The molecule has 0 aromatic heterocycles. The Labute approximate surface area is 208 Å². The second-order valence-electron chi connectivity index (χ2n) is 8.17. The smallest absolute Gasteiger partial charge is 0.300 e. The van der Waals surface area contributed by atoms with E-state index in [1.54, 1.807) is 66.7 Å². The van der Waals surface area contributed by atoms with E-state index in [1.807, 2.05) is 13.8 Å². The van der Waals surface area contributed by atoms with Crippen molar-refractivity contribution in [2.75, 3.05) is 24.9 Å². The van der Waals surface area contributed by atoms with E-state index in [1.165, 1.54) is 4.90 Å². The summed E-state index contributed by atoms with van der Waals surface area (Å²) < 4.78 is 21.9. The van der Waals surface area contributed by atoms with E-state index in [2.05, 4.69) is 0 Å². The second-order valence-corrected chi connectivity index (χ2v) is 8.17. The number of ketones is 1. The van der Waals surface area contributed by atoms with Gasteiger partial charge in [0.2, 0.25) is 6.79 Å². The van der Waals surface area contributed by atoms with Crippen molar-refractivity contribution in [2.24, 2.45) is 0 Å². The van der Waals surface area contributed by atoms with Crippen molar-refractivity contribution in [1.29, 1.82) is 0 Å². The first kappa shape index (κ1) is 23.3. The van der Waals surface area contributed by atoms with Crippen LogP contribution >= 0.6 is 0 Å². The Hall–Kier alpha value is -4.46. The second kappa shape index (κ2) is 9.65. The van der Waals surface area contributed by atoms with E-state index in [4.69, 9.17) is 18.9 Å². The summed E-state index contributed by atoms with van der Waals surface area (Å²) in [6.45, 7) is 4.79. The normalized spacial score (nSPS) is 17.9. The number of ether oxygens (including phenoxy) is 4. The molecule has 3 aromatic carbocycles. The van der Waals surface area contributed by atoms with Crippen LogP contribution in [0.4, 0.5) is 5.69 Å². The van der Waals surface area contributed by atoms with E-state index in [-0.39, 0.29) is 18.1 Å². The van der Waals surface area contributed by atoms with Crippen molar-refractivity contribution in [1.82, 2.24) is 0 Å². The summed E-state index contributed by atoms with van der Waals surface area (Å²) in [7, 11) is 0. The first-order valence-electron chi connectivity index (χ1n) is 11.7. The monoisotopic (exact) mass is 487 g/mol. The van der Waals surface area contributed by atoms with E-state index >= 15 is 0 Å². The first-order valence-corrected chi connectivity index (χ1v) is 11.7. The minimum absolute atomic E-state index is 0.0233. The predicted octanol–water partition coefficient (Wildman–Crippen LogP) is 4.84. The first-order chi connectivity index (χ1) is 17.5. The van der Waals surface area contributed by atoms with Crippen LogP contribution in [0.1, 0.15) is 31.0 Å². The summed E-state index contributed by atoms with van der Waals surface area (Å²) in [4.78, 5) is 28.2. The van der Waals surface area contributed by atoms with E-state index in [9.17, 15) is 14.7 Å².